The van der Waals surface area contributed by atoms with E-state index in [1.165, 1.54) is 0 Å². The van der Waals surface area contributed by atoms with E-state index in [-0.39, 0.29) is 11.9 Å². The third-order valence-electron chi connectivity index (χ3n) is 4.71. The van der Waals surface area contributed by atoms with E-state index in [4.69, 9.17) is 9.40 Å². The van der Waals surface area contributed by atoms with Gasteiger partial charge in [0.1, 0.15) is 11.5 Å². The van der Waals surface area contributed by atoms with E-state index in [0.717, 1.165) is 41.8 Å². The summed E-state index contributed by atoms with van der Waals surface area (Å²) in [6.45, 7) is 3.65. The summed E-state index contributed by atoms with van der Waals surface area (Å²) in [6, 6.07) is 5.49. The second-order valence-electron chi connectivity index (χ2n) is 6.58. The van der Waals surface area contributed by atoms with Gasteiger partial charge in [-0.3, -0.25) is 9.78 Å². The molecule has 0 saturated heterocycles. The molecule has 1 aliphatic rings. The summed E-state index contributed by atoms with van der Waals surface area (Å²) in [7, 11) is 0. The minimum atomic E-state index is -0.115. The third kappa shape index (κ3) is 3.10. The Morgan fingerprint density at radius 2 is 2.08 bits per heavy atom. The molecular formula is C20H20N4O2. The van der Waals surface area contributed by atoms with Crippen LogP contribution < -0.4 is 5.32 Å². The fourth-order valence-corrected chi connectivity index (χ4v) is 3.43. The molecule has 0 radical (unpaired) electrons. The molecule has 3 aromatic heterocycles. The van der Waals surface area contributed by atoms with Crippen LogP contribution in [-0.4, -0.2) is 20.9 Å². The zero-order chi connectivity index (χ0) is 18.1. The molecule has 3 heterocycles. The largest absolute Gasteiger partial charge is 0.466 e. The van der Waals surface area contributed by atoms with E-state index in [1.54, 1.807) is 25.4 Å². The molecule has 4 rings (SSSR count). The number of hydrogen-bond donors (Lipinski definition) is 1. The minimum absolute atomic E-state index is 0.0765. The van der Waals surface area contributed by atoms with Crippen LogP contribution in [0.5, 0.6) is 0 Å². The van der Waals surface area contributed by atoms with Gasteiger partial charge in [-0.2, -0.15) is 0 Å². The highest BCUT2D eigenvalue weighted by atomic mass is 16.3. The second-order valence-corrected chi connectivity index (χ2v) is 6.58. The molecule has 0 unspecified atom stereocenters. The number of nitrogens with zero attached hydrogens (tertiary/aromatic N) is 3. The second kappa shape index (κ2) is 6.71. The number of carbonyl (C=O) groups excluding carboxylic acids is 1. The Labute approximate surface area is 151 Å². The number of amides is 1. The van der Waals surface area contributed by atoms with Gasteiger partial charge in [-0.05, 0) is 51.3 Å². The number of aromatic nitrogens is 3. The summed E-state index contributed by atoms with van der Waals surface area (Å²) in [4.78, 5) is 25.9. The maximum atomic E-state index is 12.6. The van der Waals surface area contributed by atoms with Gasteiger partial charge in [0.2, 0.25) is 0 Å². The molecule has 0 saturated carbocycles. The van der Waals surface area contributed by atoms with Crippen LogP contribution in [0.15, 0.2) is 41.2 Å². The van der Waals surface area contributed by atoms with Crippen molar-refractivity contribution in [2.24, 2.45) is 0 Å². The first kappa shape index (κ1) is 16.4. The van der Waals surface area contributed by atoms with Crippen molar-refractivity contribution in [2.75, 3.05) is 0 Å². The molecule has 1 N–H and O–H groups in total. The Kier molecular flexibility index (Phi) is 4.24. The first-order chi connectivity index (χ1) is 12.6. The van der Waals surface area contributed by atoms with E-state index in [9.17, 15) is 4.79 Å². The van der Waals surface area contributed by atoms with Gasteiger partial charge in [-0.25, -0.2) is 9.97 Å². The molecule has 0 spiro atoms. The van der Waals surface area contributed by atoms with Crippen LogP contribution in [0, 0.1) is 13.8 Å². The smallest absolute Gasteiger partial charge is 0.255 e. The van der Waals surface area contributed by atoms with Crippen molar-refractivity contribution in [1.29, 1.82) is 0 Å². The van der Waals surface area contributed by atoms with Crippen LogP contribution in [0.2, 0.25) is 0 Å². The summed E-state index contributed by atoms with van der Waals surface area (Å²) in [6.07, 6.45) is 8.06. The Bertz CT molecular complexity index is 950. The van der Waals surface area contributed by atoms with Crippen molar-refractivity contribution in [1.82, 2.24) is 20.3 Å². The van der Waals surface area contributed by atoms with Gasteiger partial charge in [-0.15, -0.1) is 0 Å². The molecule has 0 aromatic carbocycles. The average molecular weight is 348 g/mol. The van der Waals surface area contributed by atoms with Crippen LogP contribution in [0.25, 0.3) is 11.4 Å². The lowest BCUT2D eigenvalue weighted by molar-refractivity contribution is 0.0931. The summed E-state index contributed by atoms with van der Waals surface area (Å²) >= 11 is 0. The van der Waals surface area contributed by atoms with Crippen LogP contribution in [0.1, 0.15) is 52.0 Å². The summed E-state index contributed by atoms with van der Waals surface area (Å²) in [5.41, 5.74) is 3.53. The molecule has 26 heavy (non-hydrogen) atoms. The molecule has 1 amide bonds. The van der Waals surface area contributed by atoms with Crippen molar-refractivity contribution in [3.63, 3.8) is 0 Å². The lowest BCUT2D eigenvalue weighted by Gasteiger charge is -2.25. The molecule has 6 heteroatoms. The number of fused-ring (bicyclic) bond motifs is 1. The lowest BCUT2D eigenvalue weighted by atomic mass is 9.92. The van der Waals surface area contributed by atoms with Crippen LogP contribution in [-0.2, 0) is 6.42 Å². The topological polar surface area (TPSA) is 80.9 Å². The number of nitrogens with one attached hydrogen (secondary N) is 1. The molecule has 6 nitrogen and oxygen atoms in total. The van der Waals surface area contributed by atoms with Crippen molar-refractivity contribution >= 4 is 5.91 Å². The highest BCUT2D eigenvalue weighted by Gasteiger charge is 2.25. The van der Waals surface area contributed by atoms with Crippen molar-refractivity contribution in [3.05, 3.63) is 65.1 Å². The van der Waals surface area contributed by atoms with Gasteiger partial charge in [-0.1, -0.05) is 0 Å². The molecule has 1 atom stereocenters. The Hall–Kier alpha value is -3.02. The highest BCUT2D eigenvalue weighted by molar-refractivity contribution is 5.95. The van der Waals surface area contributed by atoms with Crippen LogP contribution in [0.3, 0.4) is 0 Å². The fraction of sp³-hybridized carbons (Fsp3) is 0.300. The number of rotatable bonds is 3. The van der Waals surface area contributed by atoms with E-state index in [0.29, 0.717) is 17.1 Å². The Morgan fingerprint density at radius 3 is 2.81 bits per heavy atom. The zero-order valence-corrected chi connectivity index (χ0v) is 14.8. The number of furan rings is 1. The quantitative estimate of drug-likeness (QED) is 0.783. The van der Waals surface area contributed by atoms with Gasteiger partial charge >= 0.3 is 0 Å². The van der Waals surface area contributed by atoms with Crippen LogP contribution in [0.4, 0.5) is 0 Å². The predicted molar refractivity (Wildman–Crippen MR) is 96.6 cm³/mol. The number of aryl methyl sites for hydroxylation is 3. The van der Waals surface area contributed by atoms with Gasteiger partial charge in [0.25, 0.3) is 5.91 Å². The lowest BCUT2D eigenvalue weighted by Crippen LogP contribution is -2.31. The van der Waals surface area contributed by atoms with E-state index in [1.807, 2.05) is 25.3 Å². The van der Waals surface area contributed by atoms with E-state index >= 15 is 0 Å². The van der Waals surface area contributed by atoms with Gasteiger partial charge in [0.15, 0.2) is 5.82 Å². The van der Waals surface area contributed by atoms with Crippen molar-refractivity contribution in [3.8, 4) is 11.4 Å². The molecule has 0 fully saturated rings. The minimum Gasteiger partial charge on any atom is -0.466 e. The standard InChI is InChI=1S/C20H20N4O2/c1-12-10-15(13(2)26-12)20(25)24-18-5-3-4-17-16(18)11-22-19(23-17)14-6-8-21-9-7-14/h6-11,18H,3-5H2,1-2H3,(H,24,25)/t18-/m1/s1. The summed E-state index contributed by atoms with van der Waals surface area (Å²) in [5.74, 6) is 1.96. The summed E-state index contributed by atoms with van der Waals surface area (Å²) in [5, 5.41) is 3.12. The number of pyridine rings is 1. The highest BCUT2D eigenvalue weighted by Crippen LogP contribution is 2.30. The third-order valence-corrected chi connectivity index (χ3v) is 4.71. The molecule has 1 aliphatic carbocycles. The zero-order valence-electron chi connectivity index (χ0n) is 14.8. The number of carbonyl (C=O) groups is 1. The van der Waals surface area contributed by atoms with E-state index < -0.39 is 0 Å². The van der Waals surface area contributed by atoms with Crippen molar-refractivity contribution in [2.45, 2.75) is 39.2 Å². The SMILES string of the molecule is Cc1cc(C(=O)N[C@@H]2CCCc3nc(-c4ccncc4)ncc32)c(C)o1. The fourth-order valence-electron chi connectivity index (χ4n) is 3.43. The maximum Gasteiger partial charge on any atom is 0.255 e. The monoisotopic (exact) mass is 348 g/mol. The molecule has 0 aliphatic heterocycles. The summed E-state index contributed by atoms with van der Waals surface area (Å²) < 4.78 is 5.47. The van der Waals surface area contributed by atoms with Gasteiger partial charge < -0.3 is 9.73 Å². The van der Waals surface area contributed by atoms with Crippen molar-refractivity contribution < 1.29 is 9.21 Å². The van der Waals surface area contributed by atoms with Gasteiger partial charge in [0.05, 0.1) is 11.6 Å². The maximum absolute atomic E-state index is 12.6. The molecule has 3 aromatic rings. The first-order valence-electron chi connectivity index (χ1n) is 8.76. The van der Waals surface area contributed by atoms with E-state index in [2.05, 4.69) is 15.3 Å². The first-order valence-corrected chi connectivity index (χ1v) is 8.76. The molecule has 132 valence electrons. The Balaban J connectivity index is 1.59. The van der Waals surface area contributed by atoms with Crippen LogP contribution >= 0.6 is 0 Å². The Morgan fingerprint density at radius 1 is 1.27 bits per heavy atom. The predicted octanol–water partition coefficient (Wildman–Crippen LogP) is 3.56. The van der Waals surface area contributed by atoms with Gasteiger partial charge in [0, 0.05) is 35.4 Å². The molecular weight excluding hydrogens is 328 g/mol. The number of hydrogen-bond acceptors (Lipinski definition) is 5. The average Bonchev–Trinajstić information content (AvgIpc) is 3.00. The molecule has 0 bridgehead atoms. The normalized spacial score (nSPS) is 16.2.